The van der Waals surface area contributed by atoms with Gasteiger partial charge < -0.3 is 20.5 Å². The normalized spacial score (nSPS) is 23.4. The van der Waals surface area contributed by atoms with Crippen LogP contribution in [0.1, 0.15) is 56.1 Å². The Balaban J connectivity index is 1.59. The van der Waals surface area contributed by atoms with Crippen LogP contribution in [-0.2, 0) is 25.6 Å². The minimum Gasteiger partial charge on any atom is -0.493 e. The number of hydrogen-bond acceptors (Lipinski definition) is 7. The standard InChI is InChI=1S/C27H38N4O6/c1-2-3-11-29(13-10-28)25(34)17-30-16-20(18-4-5-22-19(15-18)9-14-37-22)26(27(35)36)21(30)8-12-31-23(32)6-7-24(31)33/h4-5,15,20-21,26H,2-3,6-14,16-17,28H2,1H3,(H,35,36). The largest absolute Gasteiger partial charge is 0.493 e. The first-order chi connectivity index (χ1) is 17.8. The smallest absolute Gasteiger partial charge is 0.308 e. The number of nitrogens with zero attached hydrogens (tertiary/aromatic N) is 3. The lowest BCUT2D eigenvalue weighted by molar-refractivity contribution is -0.144. The van der Waals surface area contributed by atoms with Crippen molar-refractivity contribution in [3.63, 3.8) is 0 Å². The van der Waals surface area contributed by atoms with E-state index in [0.29, 0.717) is 39.2 Å². The Bertz CT molecular complexity index is 1010. The number of aliphatic carboxylic acids is 1. The van der Waals surface area contributed by atoms with Crippen LogP contribution in [-0.4, -0.2) is 95.4 Å². The first-order valence-corrected chi connectivity index (χ1v) is 13.4. The van der Waals surface area contributed by atoms with Crippen molar-refractivity contribution in [3.8, 4) is 5.75 Å². The van der Waals surface area contributed by atoms with E-state index in [9.17, 15) is 24.3 Å². The Labute approximate surface area is 217 Å². The topological polar surface area (TPSA) is 133 Å². The molecule has 0 saturated carbocycles. The van der Waals surface area contributed by atoms with E-state index < -0.39 is 17.9 Å². The fourth-order valence-electron chi connectivity index (χ4n) is 5.90. The number of likely N-dealkylation sites (tertiary alicyclic amines) is 2. The summed E-state index contributed by atoms with van der Waals surface area (Å²) in [5.74, 6) is -1.74. The van der Waals surface area contributed by atoms with Crippen LogP contribution < -0.4 is 10.5 Å². The number of amides is 3. The van der Waals surface area contributed by atoms with Gasteiger partial charge in [-0.2, -0.15) is 0 Å². The molecule has 202 valence electrons. The Morgan fingerprint density at radius 1 is 1.16 bits per heavy atom. The average molecular weight is 515 g/mol. The number of benzene rings is 1. The molecule has 0 radical (unpaired) electrons. The summed E-state index contributed by atoms with van der Waals surface area (Å²) >= 11 is 0. The monoisotopic (exact) mass is 514 g/mol. The second-order valence-electron chi connectivity index (χ2n) is 10.2. The molecule has 3 unspecified atom stereocenters. The summed E-state index contributed by atoms with van der Waals surface area (Å²) in [5.41, 5.74) is 7.73. The zero-order chi connectivity index (χ0) is 26.5. The van der Waals surface area contributed by atoms with E-state index in [1.807, 2.05) is 23.1 Å². The summed E-state index contributed by atoms with van der Waals surface area (Å²) in [4.78, 5) is 55.3. The van der Waals surface area contributed by atoms with E-state index in [0.717, 1.165) is 36.1 Å². The molecule has 0 aliphatic carbocycles. The summed E-state index contributed by atoms with van der Waals surface area (Å²) in [7, 11) is 0. The number of carboxylic acid groups (broad SMARTS) is 1. The number of ether oxygens (including phenoxy) is 1. The first-order valence-electron chi connectivity index (χ1n) is 13.4. The number of hydrogen-bond donors (Lipinski definition) is 2. The number of unbranched alkanes of at least 4 members (excludes halogenated alkanes) is 1. The van der Waals surface area contributed by atoms with Crippen molar-refractivity contribution in [1.29, 1.82) is 0 Å². The van der Waals surface area contributed by atoms with Gasteiger partial charge in [0.15, 0.2) is 0 Å². The highest BCUT2D eigenvalue weighted by molar-refractivity contribution is 6.01. The molecule has 3 aliphatic heterocycles. The van der Waals surface area contributed by atoms with Crippen molar-refractivity contribution in [2.24, 2.45) is 11.7 Å². The van der Waals surface area contributed by atoms with Gasteiger partial charge in [-0.3, -0.25) is 29.0 Å². The van der Waals surface area contributed by atoms with Gasteiger partial charge >= 0.3 is 5.97 Å². The van der Waals surface area contributed by atoms with E-state index in [-0.39, 0.29) is 49.6 Å². The lowest BCUT2D eigenvalue weighted by Gasteiger charge is -2.30. The lowest BCUT2D eigenvalue weighted by atomic mass is 9.83. The zero-order valence-electron chi connectivity index (χ0n) is 21.6. The molecule has 1 aromatic carbocycles. The molecular weight excluding hydrogens is 476 g/mol. The van der Waals surface area contributed by atoms with Crippen molar-refractivity contribution < 1.29 is 29.0 Å². The molecular formula is C27H38N4O6. The van der Waals surface area contributed by atoms with Crippen molar-refractivity contribution in [3.05, 3.63) is 29.3 Å². The minimum atomic E-state index is -0.939. The van der Waals surface area contributed by atoms with Crippen LogP contribution in [0.25, 0.3) is 0 Å². The molecule has 10 nitrogen and oxygen atoms in total. The van der Waals surface area contributed by atoms with E-state index in [1.165, 1.54) is 4.90 Å². The van der Waals surface area contributed by atoms with Gasteiger partial charge in [-0.25, -0.2) is 0 Å². The summed E-state index contributed by atoms with van der Waals surface area (Å²) in [6.45, 7) is 4.72. The number of rotatable bonds is 12. The summed E-state index contributed by atoms with van der Waals surface area (Å²) in [5, 5.41) is 10.4. The van der Waals surface area contributed by atoms with Gasteiger partial charge in [0.25, 0.3) is 0 Å². The van der Waals surface area contributed by atoms with Crippen LogP contribution in [0.3, 0.4) is 0 Å². The Morgan fingerprint density at radius 3 is 2.59 bits per heavy atom. The fourth-order valence-corrected chi connectivity index (χ4v) is 5.90. The van der Waals surface area contributed by atoms with Crippen LogP contribution in [0.15, 0.2) is 18.2 Å². The molecule has 0 aromatic heterocycles. The minimum absolute atomic E-state index is 0.0740. The van der Waals surface area contributed by atoms with Gasteiger partial charge in [-0.05, 0) is 30.0 Å². The number of fused-ring (bicyclic) bond motifs is 1. The molecule has 37 heavy (non-hydrogen) atoms. The molecule has 1 aromatic rings. The van der Waals surface area contributed by atoms with E-state index in [4.69, 9.17) is 10.5 Å². The number of imide groups is 1. The number of carbonyl (C=O) groups is 4. The fraction of sp³-hybridized carbons (Fsp3) is 0.630. The summed E-state index contributed by atoms with van der Waals surface area (Å²) < 4.78 is 5.63. The van der Waals surface area contributed by atoms with Crippen LogP contribution in [0.4, 0.5) is 0 Å². The molecule has 10 heteroatoms. The molecule has 3 amide bonds. The lowest BCUT2D eigenvalue weighted by Crippen LogP contribution is -2.46. The van der Waals surface area contributed by atoms with E-state index in [2.05, 4.69) is 6.92 Å². The Kier molecular flexibility index (Phi) is 8.81. The van der Waals surface area contributed by atoms with Gasteiger partial charge in [0.05, 0.1) is 19.1 Å². The first kappa shape index (κ1) is 27.1. The quantitative estimate of drug-likeness (QED) is 0.398. The van der Waals surface area contributed by atoms with Crippen LogP contribution >= 0.6 is 0 Å². The molecule has 4 rings (SSSR count). The van der Waals surface area contributed by atoms with Gasteiger partial charge in [-0.1, -0.05) is 25.5 Å². The van der Waals surface area contributed by atoms with Gasteiger partial charge in [0, 0.05) is 63.9 Å². The van der Waals surface area contributed by atoms with Crippen molar-refractivity contribution in [1.82, 2.24) is 14.7 Å². The molecule has 3 atom stereocenters. The van der Waals surface area contributed by atoms with Crippen molar-refractivity contribution in [2.75, 3.05) is 45.9 Å². The summed E-state index contributed by atoms with van der Waals surface area (Å²) in [6.07, 6.45) is 3.29. The second-order valence-corrected chi connectivity index (χ2v) is 10.2. The molecule has 2 saturated heterocycles. The third-order valence-corrected chi connectivity index (χ3v) is 7.85. The average Bonchev–Trinajstić information content (AvgIpc) is 3.57. The third-order valence-electron chi connectivity index (χ3n) is 7.85. The van der Waals surface area contributed by atoms with Crippen molar-refractivity contribution in [2.45, 2.75) is 57.4 Å². The molecule has 0 spiro atoms. The maximum absolute atomic E-state index is 13.3. The number of nitrogens with two attached hydrogens (primary N) is 1. The highest BCUT2D eigenvalue weighted by atomic mass is 16.5. The van der Waals surface area contributed by atoms with Crippen LogP contribution in [0.5, 0.6) is 5.75 Å². The van der Waals surface area contributed by atoms with Gasteiger partial charge in [-0.15, -0.1) is 0 Å². The molecule has 0 bridgehead atoms. The van der Waals surface area contributed by atoms with Gasteiger partial charge in [0.1, 0.15) is 5.75 Å². The SMILES string of the molecule is CCCCN(CCN)C(=O)CN1CC(c2ccc3c(c2)CCO3)C(C(=O)O)C1CCN1C(=O)CCC1=O. The number of carboxylic acids is 1. The molecule has 3 heterocycles. The maximum atomic E-state index is 13.3. The molecule has 3 N–H and O–H groups in total. The highest BCUT2D eigenvalue weighted by Crippen LogP contribution is 2.41. The van der Waals surface area contributed by atoms with Crippen molar-refractivity contribution >= 4 is 23.7 Å². The second kappa shape index (κ2) is 12.0. The third kappa shape index (κ3) is 5.96. The molecule has 2 fully saturated rings. The van der Waals surface area contributed by atoms with E-state index >= 15 is 0 Å². The zero-order valence-corrected chi connectivity index (χ0v) is 21.6. The van der Waals surface area contributed by atoms with E-state index in [1.54, 1.807) is 4.90 Å². The predicted molar refractivity (Wildman–Crippen MR) is 136 cm³/mol. The highest BCUT2D eigenvalue weighted by Gasteiger charge is 2.47. The summed E-state index contributed by atoms with van der Waals surface area (Å²) in [6, 6.07) is 5.35. The number of carbonyl (C=O) groups excluding carboxylic acids is 3. The van der Waals surface area contributed by atoms with Gasteiger partial charge in [0.2, 0.25) is 17.7 Å². The predicted octanol–water partition coefficient (Wildman–Crippen LogP) is 1.22. The van der Waals surface area contributed by atoms with Crippen LogP contribution in [0.2, 0.25) is 0 Å². The van der Waals surface area contributed by atoms with Crippen LogP contribution in [0, 0.1) is 5.92 Å². The Hall–Kier alpha value is -2.98. The maximum Gasteiger partial charge on any atom is 0.308 e. The Morgan fingerprint density at radius 2 is 1.92 bits per heavy atom. The molecule has 3 aliphatic rings.